The summed E-state index contributed by atoms with van der Waals surface area (Å²) in [5, 5.41) is 4.86. The highest BCUT2D eigenvalue weighted by Gasteiger charge is 2.06. The third-order valence-electron chi connectivity index (χ3n) is 6.94. The molecule has 2 heterocycles. The molecule has 0 atom stereocenters. The van der Waals surface area contributed by atoms with Crippen molar-refractivity contribution in [1.82, 2.24) is 9.97 Å². The highest BCUT2D eigenvalue weighted by atomic mass is 14.7. The highest BCUT2D eigenvalue weighted by Crippen LogP contribution is 2.29. The lowest BCUT2D eigenvalue weighted by Crippen LogP contribution is -1.86. The van der Waals surface area contributed by atoms with Crippen LogP contribution in [-0.4, -0.2) is 9.97 Å². The average molecular weight is 501 g/mol. The van der Waals surface area contributed by atoms with Crippen molar-refractivity contribution >= 4 is 21.5 Å². The summed E-state index contributed by atoms with van der Waals surface area (Å²) in [6.07, 6.45) is 3.75. The normalized spacial score (nSPS) is 10.7. The van der Waals surface area contributed by atoms with E-state index in [1.54, 1.807) is 0 Å². The molecule has 0 N–H and O–H groups in total. The number of hydrogen-bond donors (Lipinski definition) is 0. The van der Waals surface area contributed by atoms with Crippen LogP contribution in [0.1, 0.15) is 5.56 Å². The predicted octanol–water partition coefficient (Wildman–Crippen LogP) is 9.78. The highest BCUT2D eigenvalue weighted by molar-refractivity contribution is 5.95. The Hall–Kier alpha value is -5.08. The molecule has 0 bridgehead atoms. The molecule has 0 spiro atoms. The van der Waals surface area contributed by atoms with Gasteiger partial charge in [0, 0.05) is 34.3 Å². The quantitative estimate of drug-likeness (QED) is 0.241. The number of rotatable bonds is 3. The Morgan fingerprint density at radius 3 is 1.31 bits per heavy atom. The van der Waals surface area contributed by atoms with Crippen LogP contribution in [0.15, 0.2) is 152 Å². The van der Waals surface area contributed by atoms with Crippen molar-refractivity contribution in [2.45, 2.75) is 6.92 Å². The van der Waals surface area contributed by atoms with Gasteiger partial charge in [0.25, 0.3) is 0 Å². The lowest BCUT2D eigenvalue weighted by Gasteiger charge is -2.07. The Bertz CT molecular complexity index is 1830. The Balaban J connectivity index is 0.000000147. The van der Waals surface area contributed by atoms with Gasteiger partial charge in [-0.3, -0.25) is 9.97 Å². The molecular formula is C37H28N2. The van der Waals surface area contributed by atoms with Crippen molar-refractivity contribution in [1.29, 1.82) is 0 Å². The van der Waals surface area contributed by atoms with Crippen molar-refractivity contribution < 1.29 is 0 Å². The topological polar surface area (TPSA) is 25.8 Å². The first-order chi connectivity index (χ1) is 19.3. The zero-order chi connectivity index (χ0) is 26.4. The van der Waals surface area contributed by atoms with Gasteiger partial charge in [-0.15, -0.1) is 0 Å². The molecule has 0 saturated heterocycles. The molecule has 2 nitrogen and oxygen atoms in total. The van der Waals surface area contributed by atoms with E-state index in [9.17, 15) is 0 Å². The lowest BCUT2D eigenvalue weighted by molar-refractivity contribution is 1.35. The average Bonchev–Trinajstić information content (AvgIpc) is 3.02. The van der Waals surface area contributed by atoms with E-state index in [0.29, 0.717) is 0 Å². The van der Waals surface area contributed by atoms with Crippen LogP contribution in [0, 0.1) is 6.92 Å². The molecule has 0 unspecified atom stereocenters. The molecule has 2 heteroatoms. The van der Waals surface area contributed by atoms with Gasteiger partial charge in [-0.1, -0.05) is 133 Å². The monoisotopic (exact) mass is 500 g/mol. The van der Waals surface area contributed by atoms with Crippen LogP contribution in [0.2, 0.25) is 0 Å². The minimum Gasteiger partial charge on any atom is -0.256 e. The van der Waals surface area contributed by atoms with Gasteiger partial charge in [-0.2, -0.15) is 0 Å². The van der Waals surface area contributed by atoms with Gasteiger partial charge in [-0.25, -0.2) is 0 Å². The second-order valence-electron chi connectivity index (χ2n) is 9.57. The second-order valence-corrected chi connectivity index (χ2v) is 9.57. The van der Waals surface area contributed by atoms with Gasteiger partial charge < -0.3 is 0 Å². The minimum absolute atomic E-state index is 1.04. The zero-order valence-electron chi connectivity index (χ0n) is 21.8. The van der Waals surface area contributed by atoms with E-state index < -0.39 is 0 Å². The third kappa shape index (κ3) is 5.32. The standard InChI is InChI=1S/C21H15N.C16H13N/c1-2-6-16(7-3-1)17-10-12-19(13-11-17)21-20-9-5-4-8-18(20)14-15-22-21;1-12-6-8-14(9-7-12)16-15-5-3-2-4-13(15)10-11-17-16/h1-15H;2-11H,1H3. The van der Waals surface area contributed by atoms with Crippen LogP contribution >= 0.6 is 0 Å². The molecule has 2 aromatic heterocycles. The van der Waals surface area contributed by atoms with Gasteiger partial charge in [0.15, 0.2) is 0 Å². The van der Waals surface area contributed by atoms with Gasteiger partial charge in [0.1, 0.15) is 0 Å². The number of fused-ring (bicyclic) bond motifs is 2. The van der Waals surface area contributed by atoms with E-state index >= 15 is 0 Å². The molecule has 0 aliphatic carbocycles. The maximum absolute atomic E-state index is 4.58. The van der Waals surface area contributed by atoms with E-state index in [-0.39, 0.29) is 0 Å². The van der Waals surface area contributed by atoms with Crippen LogP contribution in [0.3, 0.4) is 0 Å². The van der Waals surface area contributed by atoms with Crippen LogP contribution in [0.4, 0.5) is 0 Å². The number of benzene rings is 5. The molecule has 5 aromatic carbocycles. The summed E-state index contributed by atoms with van der Waals surface area (Å²) in [4.78, 5) is 9.09. The van der Waals surface area contributed by atoms with E-state index in [4.69, 9.17) is 0 Å². The summed E-state index contributed by atoms with van der Waals surface area (Å²) >= 11 is 0. The molecule has 0 radical (unpaired) electrons. The van der Waals surface area contributed by atoms with E-state index in [1.165, 1.54) is 43.8 Å². The molecular weight excluding hydrogens is 472 g/mol. The van der Waals surface area contributed by atoms with Crippen molar-refractivity contribution in [3.05, 3.63) is 157 Å². The van der Waals surface area contributed by atoms with Crippen LogP contribution < -0.4 is 0 Å². The molecule has 39 heavy (non-hydrogen) atoms. The van der Waals surface area contributed by atoms with Gasteiger partial charge in [-0.05, 0) is 41.0 Å². The first-order valence-corrected chi connectivity index (χ1v) is 13.2. The molecule has 0 fully saturated rings. The van der Waals surface area contributed by atoms with Gasteiger partial charge in [0.05, 0.1) is 11.4 Å². The lowest BCUT2D eigenvalue weighted by atomic mass is 10.0. The molecule has 7 aromatic rings. The number of aromatic nitrogens is 2. The van der Waals surface area contributed by atoms with Crippen LogP contribution in [-0.2, 0) is 0 Å². The zero-order valence-corrected chi connectivity index (χ0v) is 21.8. The molecule has 0 aliphatic heterocycles. The van der Waals surface area contributed by atoms with Gasteiger partial charge in [0.2, 0.25) is 0 Å². The van der Waals surface area contributed by atoms with Crippen molar-refractivity contribution in [2.75, 3.05) is 0 Å². The largest absolute Gasteiger partial charge is 0.256 e. The second kappa shape index (κ2) is 11.1. The van der Waals surface area contributed by atoms with Crippen LogP contribution in [0.5, 0.6) is 0 Å². The maximum Gasteiger partial charge on any atom is 0.0780 e. The van der Waals surface area contributed by atoms with Crippen molar-refractivity contribution in [3.63, 3.8) is 0 Å². The first kappa shape index (κ1) is 24.3. The summed E-state index contributed by atoms with van der Waals surface area (Å²) in [5.74, 6) is 0. The summed E-state index contributed by atoms with van der Waals surface area (Å²) in [7, 11) is 0. The number of hydrogen-bond acceptors (Lipinski definition) is 2. The molecule has 0 saturated carbocycles. The third-order valence-corrected chi connectivity index (χ3v) is 6.94. The summed E-state index contributed by atoms with van der Waals surface area (Å²) in [5.41, 5.74) is 8.16. The number of nitrogens with zero attached hydrogens (tertiary/aromatic N) is 2. The smallest absolute Gasteiger partial charge is 0.0780 e. The van der Waals surface area contributed by atoms with Crippen molar-refractivity contribution in [3.8, 4) is 33.6 Å². The Kier molecular flexibility index (Phi) is 6.92. The first-order valence-electron chi connectivity index (χ1n) is 13.2. The summed E-state index contributed by atoms with van der Waals surface area (Å²) in [6, 6.07) is 48.4. The van der Waals surface area contributed by atoms with E-state index in [2.05, 4.69) is 144 Å². The fraction of sp³-hybridized carbons (Fsp3) is 0.0270. The molecule has 0 amide bonds. The predicted molar refractivity (Wildman–Crippen MR) is 165 cm³/mol. The fourth-order valence-corrected chi connectivity index (χ4v) is 4.86. The Morgan fingerprint density at radius 1 is 0.359 bits per heavy atom. The molecule has 7 rings (SSSR count). The molecule has 186 valence electrons. The molecule has 0 aliphatic rings. The summed E-state index contributed by atoms with van der Waals surface area (Å²) in [6.45, 7) is 2.10. The maximum atomic E-state index is 4.58. The Labute approximate surface area is 229 Å². The van der Waals surface area contributed by atoms with Crippen LogP contribution in [0.25, 0.3) is 55.2 Å². The number of pyridine rings is 2. The van der Waals surface area contributed by atoms with Crippen molar-refractivity contribution in [2.24, 2.45) is 0 Å². The number of aryl methyl sites for hydroxylation is 1. The van der Waals surface area contributed by atoms with Gasteiger partial charge >= 0.3 is 0 Å². The van der Waals surface area contributed by atoms with E-state index in [1.807, 2.05) is 24.5 Å². The Morgan fingerprint density at radius 2 is 0.769 bits per heavy atom. The SMILES string of the molecule is Cc1ccc(-c2nccc3ccccc23)cc1.c1ccc(-c2ccc(-c3nccc4ccccc34)cc2)cc1. The minimum atomic E-state index is 1.04. The fourth-order valence-electron chi connectivity index (χ4n) is 4.86. The van der Waals surface area contributed by atoms with E-state index in [0.717, 1.165) is 17.0 Å². The summed E-state index contributed by atoms with van der Waals surface area (Å²) < 4.78 is 0.